The van der Waals surface area contributed by atoms with E-state index >= 15 is 0 Å². The van der Waals surface area contributed by atoms with E-state index in [1.54, 1.807) is 30.3 Å². The first kappa shape index (κ1) is 20.5. The van der Waals surface area contributed by atoms with Gasteiger partial charge in [0.25, 0.3) is 15.7 Å². The highest BCUT2D eigenvalue weighted by atomic mass is 35.5. The van der Waals surface area contributed by atoms with Crippen LogP contribution in [-0.4, -0.2) is 57.6 Å². The van der Waals surface area contributed by atoms with E-state index in [4.69, 9.17) is 16.3 Å². The fraction of sp³-hybridized carbons (Fsp3) is 0.333. The van der Waals surface area contributed by atoms with E-state index in [1.165, 1.54) is 16.4 Å². The fourth-order valence-corrected chi connectivity index (χ4v) is 4.77. The van der Waals surface area contributed by atoms with Crippen molar-refractivity contribution in [3.8, 4) is 0 Å². The summed E-state index contributed by atoms with van der Waals surface area (Å²) in [6.07, 6.45) is 0. The van der Waals surface area contributed by atoms with E-state index in [9.17, 15) is 18.5 Å². The van der Waals surface area contributed by atoms with Gasteiger partial charge in [0.15, 0.2) is 4.90 Å². The van der Waals surface area contributed by atoms with E-state index in [0.29, 0.717) is 38.5 Å². The van der Waals surface area contributed by atoms with Gasteiger partial charge in [-0.15, -0.1) is 0 Å². The van der Waals surface area contributed by atoms with Crippen molar-refractivity contribution >= 4 is 33.0 Å². The molecule has 0 amide bonds. The van der Waals surface area contributed by atoms with Crippen LogP contribution in [0, 0.1) is 10.1 Å². The number of rotatable bonds is 7. The van der Waals surface area contributed by atoms with Gasteiger partial charge < -0.3 is 4.74 Å². The second-order valence-corrected chi connectivity index (χ2v) is 8.50. The zero-order chi connectivity index (χ0) is 20.1. The molecule has 3 rings (SSSR count). The van der Waals surface area contributed by atoms with Crippen LogP contribution in [0.3, 0.4) is 0 Å². The lowest BCUT2D eigenvalue weighted by atomic mass is 10.3. The monoisotopic (exact) mass is 425 g/mol. The van der Waals surface area contributed by atoms with Gasteiger partial charge >= 0.3 is 0 Å². The molecule has 1 saturated heterocycles. The Balaban J connectivity index is 1.98. The molecule has 1 aliphatic rings. The average molecular weight is 426 g/mol. The molecule has 2 aromatic carbocycles. The van der Waals surface area contributed by atoms with Gasteiger partial charge in [-0.3, -0.25) is 19.3 Å². The number of hydrogen-bond acceptors (Lipinski definition) is 6. The van der Waals surface area contributed by atoms with Crippen LogP contribution in [0.25, 0.3) is 0 Å². The summed E-state index contributed by atoms with van der Waals surface area (Å²) in [4.78, 5) is 12.4. The zero-order valence-corrected chi connectivity index (χ0v) is 16.6. The molecule has 150 valence electrons. The summed E-state index contributed by atoms with van der Waals surface area (Å²) in [6.45, 7) is 3.26. The summed E-state index contributed by atoms with van der Waals surface area (Å²) in [5.41, 5.74) is -0.0974. The summed E-state index contributed by atoms with van der Waals surface area (Å²) in [7, 11) is -4.17. The minimum absolute atomic E-state index is 0.102. The van der Waals surface area contributed by atoms with Gasteiger partial charge in [-0.25, -0.2) is 8.42 Å². The lowest BCUT2D eigenvalue weighted by molar-refractivity contribution is -0.387. The Morgan fingerprint density at radius 1 is 1.14 bits per heavy atom. The molecule has 0 spiro atoms. The molecule has 0 N–H and O–H groups in total. The quantitative estimate of drug-likeness (QED) is 0.500. The van der Waals surface area contributed by atoms with Crippen molar-refractivity contribution in [2.24, 2.45) is 0 Å². The topological polar surface area (TPSA) is 93.0 Å². The molecule has 0 aromatic heterocycles. The molecule has 1 aliphatic heterocycles. The number of hydrogen-bond donors (Lipinski definition) is 0. The Morgan fingerprint density at radius 2 is 1.82 bits per heavy atom. The molecule has 0 unspecified atom stereocenters. The summed E-state index contributed by atoms with van der Waals surface area (Å²) in [5, 5.41) is 11.5. The summed E-state index contributed by atoms with van der Waals surface area (Å²) >= 11 is 5.84. The Kier molecular flexibility index (Phi) is 6.50. The van der Waals surface area contributed by atoms with Gasteiger partial charge in [0, 0.05) is 37.3 Å². The highest BCUT2D eigenvalue weighted by Crippen LogP contribution is 2.31. The van der Waals surface area contributed by atoms with Crippen LogP contribution in [0.5, 0.6) is 0 Å². The predicted octanol–water partition coefficient (Wildman–Crippen LogP) is 2.78. The molecule has 2 aromatic rings. The van der Waals surface area contributed by atoms with Gasteiger partial charge in [-0.1, -0.05) is 29.8 Å². The van der Waals surface area contributed by atoms with Gasteiger partial charge in [0.05, 0.1) is 23.8 Å². The van der Waals surface area contributed by atoms with Crippen LogP contribution >= 0.6 is 11.6 Å². The second-order valence-electron chi connectivity index (χ2n) is 6.24. The average Bonchev–Trinajstić information content (AvgIpc) is 2.69. The number of halogens is 1. The molecule has 1 heterocycles. The summed E-state index contributed by atoms with van der Waals surface area (Å²) in [5.74, 6) is 0. The van der Waals surface area contributed by atoms with Crippen molar-refractivity contribution in [3.05, 3.63) is 63.7 Å². The van der Waals surface area contributed by atoms with Gasteiger partial charge in [0.2, 0.25) is 0 Å². The molecule has 8 nitrogen and oxygen atoms in total. The number of benzene rings is 2. The van der Waals surface area contributed by atoms with E-state index in [2.05, 4.69) is 4.90 Å². The van der Waals surface area contributed by atoms with Crippen LogP contribution in [0.15, 0.2) is 53.4 Å². The lowest BCUT2D eigenvalue weighted by Gasteiger charge is -2.30. The van der Waals surface area contributed by atoms with Crippen LogP contribution in [0.2, 0.25) is 5.02 Å². The minimum atomic E-state index is -4.17. The summed E-state index contributed by atoms with van der Waals surface area (Å²) < 4.78 is 33.3. The number of nitro groups is 1. The molecular weight excluding hydrogens is 406 g/mol. The fourth-order valence-electron chi connectivity index (χ4n) is 3.01. The van der Waals surface area contributed by atoms with Crippen LogP contribution in [-0.2, 0) is 14.8 Å². The first-order valence-electron chi connectivity index (χ1n) is 8.71. The first-order chi connectivity index (χ1) is 13.4. The molecule has 1 fully saturated rings. The summed E-state index contributed by atoms with van der Waals surface area (Å²) in [6, 6.07) is 12.1. The lowest BCUT2D eigenvalue weighted by Crippen LogP contribution is -2.43. The van der Waals surface area contributed by atoms with Crippen molar-refractivity contribution in [1.29, 1.82) is 0 Å². The number of morpholine rings is 1. The zero-order valence-electron chi connectivity index (χ0n) is 15.0. The minimum Gasteiger partial charge on any atom is -0.379 e. The predicted molar refractivity (Wildman–Crippen MR) is 106 cm³/mol. The Labute approximate surface area is 168 Å². The number of ether oxygens (including phenoxy) is 1. The highest BCUT2D eigenvalue weighted by molar-refractivity contribution is 7.93. The third-order valence-electron chi connectivity index (χ3n) is 4.45. The second kappa shape index (κ2) is 8.87. The number of sulfonamides is 1. The van der Waals surface area contributed by atoms with E-state index < -0.39 is 20.6 Å². The van der Waals surface area contributed by atoms with Gasteiger partial charge in [0.1, 0.15) is 0 Å². The van der Waals surface area contributed by atoms with Crippen molar-refractivity contribution in [2.75, 3.05) is 43.7 Å². The van der Waals surface area contributed by atoms with Crippen molar-refractivity contribution in [2.45, 2.75) is 4.90 Å². The Hall–Kier alpha value is -2.20. The normalized spacial score (nSPS) is 15.3. The smallest absolute Gasteiger partial charge is 0.291 e. The largest absolute Gasteiger partial charge is 0.379 e. The SMILES string of the molecule is O=[N+]([O-])c1cc(Cl)ccc1S(=O)(=O)N(CCN1CCOCC1)c1ccccc1. The molecular formula is C18H20ClN3O5S. The van der Waals surface area contributed by atoms with E-state index in [0.717, 1.165) is 6.07 Å². The number of nitro benzene ring substituents is 1. The maximum Gasteiger partial charge on any atom is 0.291 e. The maximum absolute atomic E-state index is 13.4. The van der Waals surface area contributed by atoms with Crippen LogP contribution < -0.4 is 4.31 Å². The highest BCUT2D eigenvalue weighted by Gasteiger charge is 2.32. The number of para-hydroxylation sites is 1. The molecule has 10 heteroatoms. The van der Waals surface area contributed by atoms with E-state index in [1.807, 2.05) is 0 Å². The molecule has 0 atom stereocenters. The first-order valence-corrected chi connectivity index (χ1v) is 10.5. The van der Waals surface area contributed by atoms with Crippen LogP contribution in [0.4, 0.5) is 11.4 Å². The molecule has 28 heavy (non-hydrogen) atoms. The van der Waals surface area contributed by atoms with E-state index in [-0.39, 0.29) is 16.5 Å². The maximum atomic E-state index is 13.4. The molecule has 0 radical (unpaired) electrons. The molecule has 0 saturated carbocycles. The molecule has 0 aliphatic carbocycles. The van der Waals surface area contributed by atoms with Gasteiger partial charge in [-0.2, -0.15) is 0 Å². The molecule has 0 bridgehead atoms. The Bertz CT molecular complexity index is 933. The van der Waals surface area contributed by atoms with Gasteiger partial charge in [-0.05, 0) is 24.3 Å². The third-order valence-corrected chi connectivity index (χ3v) is 6.56. The standard InChI is InChI=1S/C18H20ClN3O5S/c19-15-6-7-18(17(14-15)22(23)24)28(25,26)21(16-4-2-1-3-5-16)9-8-20-10-12-27-13-11-20/h1-7,14H,8-13H2. The van der Waals surface area contributed by atoms with Crippen molar-refractivity contribution in [1.82, 2.24) is 4.90 Å². The third kappa shape index (κ3) is 4.61. The van der Waals surface area contributed by atoms with Crippen LogP contribution in [0.1, 0.15) is 0 Å². The Morgan fingerprint density at radius 3 is 2.46 bits per heavy atom. The van der Waals surface area contributed by atoms with Crippen molar-refractivity contribution < 1.29 is 18.1 Å². The number of anilines is 1. The van der Waals surface area contributed by atoms with Crippen molar-refractivity contribution in [3.63, 3.8) is 0 Å². The number of nitrogens with zero attached hydrogens (tertiary/aromatic N) is 3.